The van der Waals surface area contributed by atoms with Crippen LogP contribution in [0.5, 0.6) is 11.5 Å². The molecule has 6 heteroatoms. The molecule has 140 valence electrons. The molecule has 1 fully saturated rings. The molecule has 0 saturated heterocycles. The Morgan fingerprint density at radius 3 is 2.69 bits per heavy atom. The van der Waals surface area contributed by atoms with Crippen molar-refractivity contribution in [3.8, 4) is 11.5 Å². The van der Waals surface area contributed by atoms with E-state index in [9.17, 15) is 9.59 Å². The van der Waals surface area contributed by atoms with E-state index in [0.29, 0.717) is 11.5 Å². The first kappa shape index (κ1) is 18.3. The Morgan fingerprint density at radius 2 is 1.92 bits per heavy atom. The van der Waals surface area contributed by atoms with Crippen LogP contribution >= 0.6 is 0 Å². The summed E-state index contributed by atoms with van der Waals surface area (Å²) >= 11 is 0. The second kappa shape index (κ2) is 8.25. The summed E-state index contributed by atoms with van der Waals surface area (Å²) in [6.07, 6.45) is 7.72. The molecule has 1 heterocycles. The molecule has 0 aromatic heterocycles. The molecular weight excluding hydrogens is 334 g/mol. The zero-order chi connectivity index (χ0) is 18.5. The lowest BCUT2D eigenvalue weighted by Crippen LogP contribution is -2.44. The molecule has 0 N–H and O–H groups in total. The fraction of sp³-hybridized carbons (Fsp3) is 0.500. The van der Waals surface area contributed by atoms with Crippen LogP contribution in [0.1, 0.15) is 44.6 Å². The Balaban J connectivity index is 1.52. The van der Waals surface area contributed by atoms with Gasteiger partial charge in [-0.25, -0.2) is 4.79 Å². The van der Waals surface area contributed by atoms with Gasteiger partial charge in [0.15, 0.2) is 17.6 Å². The Kier molecular flexibility index (Phi) is 5.81. The van der Waals surface area contributed by atoms with Crippen molar-refractivity contribution in [3.63, 3.8) is 0 Å². The SMILES string of the molecule is C[C@@H](OC(=O)/C=C/c1ccc2c(c1)OCO2)C(=O)N(C)C1CCCCC1. The molecule has 0 spiro atoms. The Hall–Kier alpha value is -2.50. The van der Waals surface area contributed by atoms with Gasteiger partial charge in [-0.2, -0.15) is 0 Å². The van der Waals surface area contributed by atoms with Crippen molar-refractivity contribution in [2.75, 3.05) is 13.8 Å². The predicted octanol–water partition coefficient (Wildman–Crippen LogP) is 3.15. The highest BCUT2D eigenvalue weighted by atomic mass is 16.7. The maximum absolute atomic E-state index is 12.5. The van der Waals surface area contributed by atoms with Gasteiger partial charge in [0.05, 0.1) is 0 Å². The van der Waals surface area contributed by atoms with Crippen molar-refractivity contribution in [3.05, 3.63) is 29.8 Å². The summed E-state index contributed by atoms with van der Waals surface area (Å²) in [6.45, 7) is 1.83. The monoisotopic (exact) mass is 359 g/mol. The molecule has 1 saturated carbocycles. The van der Waals surface area contributed by atoms with Crippen LogP contribution in [0.15, 0.2) is 24.3 Å². The zero-order valence-electron chi connectivity index (χ0n) is 15.3. The number of amides is 1. The second-order valence-corrected chi connectivity index (χ2v) is 6.77. The van der Waals surface area contributed by atoms with Crippen molar-refractivity contribution >= 4 is 18.0 Å². The standard InChI is InChI=1S/C20H25NO5/c1-14(20(23)21(2)16-6-4-3-5-7-16)26-19(22)11-9-15-8-10-17-18(12-15)25-13-24-17/h8-12,14,16H,3-7,13H2,1-2H3/b11-9+/t14-/m1/s1. The van der Waals surface area contributed by atoms with Crippen molar-refractivity contribution in [2.24, 2.45) is 0 Å². The Labute approximate surface area is 153 Å². The van der Waals surface area contributed by atoms with E-state index < -0.39 is 12.1 Å². The van der Waals surface area contributed by atoms with Crippen LogP contribution in [0.3, 0.4) is 0 Å². The molecule has 0 unspecified atom stereocenters. The van der Waals surface area contributed by atoms with Crippen LogP contribution in [0.25, 0.3) is 6.08 Å². The van der Waals surface area contributed by atoms with Gasteiger partial charge in [0.2, 0.25) is 6.79 Å². The highest BCUT2D eigenvalue weighted by Crippen LogP contribution is 2.32. The normalized spacial score (nSPS) is 17.9. The lowest BCUT2D eigenvalue weighted by molar-refractivity contribution is -0.156. The number of rotatable bonds is 5. The van der Waals surface area contributed by atoms with Gasteiger partial charge in [0.1, 0.15) is 0 Å². The van der Waals surface area contributed by atoms with E-state index in [4.69, 9.17) is 14.2 Å². The first-order valence-corrected chi connectivity index (χ1v) is 9.09. The number of fused-ring (bicyclic) bond motifs is 1. The van der Waals surface area contributed by atoms with Crippen molar-refractivity contribution in [1.29, 1.82) is 0 Å². The maximum atomic E-state index is 12.5. The minimum absolute atomic E-state index is 0.151. The van der Waals surface area contributed by atoms with E-state index in [1.165, 1.54) is 12.5 Å². The van der Waals surface area contributed by atoms with Crippen LogP contribution < -0.4 is 9.47 Å². The van der Waals surface area contributed by atoms with Gasteiger partial charge in [0.25, 0.3) is 5.91 Å². The topological polar surface area (TPSA) is 65.1 Å². The average molecular weight is 359 g/mol. The molecule has 1 atom stereocenters. The van der Waals surface area contributed by atoms with Crippen LogP contribution in [0, 0.1) is 0 Å². The summed E-state index contributed by atoms with van der Waals surface area (Å²) in [5, 5.41) is 0. The van der Waals surface area contributed by atoms with E-state index in [-0.39, 0.29) is 18.7 Å². The molecule has 3 rings (SSSR count). The molecule has 26 heavy (non-hydrogen) atoms. The summed E-state index contributed by atoms with van der Waals surface area (Å²) < 4.78 is 15.8. The van der Waals surface area contributed by atoms with Gasteiger partial charge in [-0.05, 0) is 43.5 Å². The molecule has 0 bridgehead atoms. The van der Waals surface area contributed by atoms with Gasteiger partial charge in [0, 0.05) is 19.2 Å². The van der Waals surface area contributed by atoms with Crippen LogP contribution in [-0.4, -0.2) is 42.8 Å². The predicted molar refractivity (Wildman–Crippen MR) is 96.8 cm³/mol. The lowest BCUT2D eigenvalue weighted by Gasteiger charge is -2.32. The van der Waals surface area contributed by atoms with Gasteiger partial charge in [-0.15, -0.1) is 0 Å². The molecule has 1 aliphatic heterocycles. The quantitative estimate of drug-likeness (QED) is 0.597. The smallest absolute Gasteiger partial charge is 0.331 e. The number of benzene rings is 1. The highest BCUT2D eigenvalue weighted by molar-refractivity contribution is 5.90. The van der Waals surface area contributed by atoms with Crippen LogP contribution in [0.4, 0.5) is 0 Å². The molecule has 6 nitrogen and oxygen atoms in total. The molecular formula is C20H25NO5. The summed E-state index contributed by atoms with van der Waals surface area (Å²) in [4.78, 5) is 26.2. The van der Waals surface area contributed by atoms with E-state index in [1.54, 1.807) is 37.1 Å². The molecule has 1 aromatic rings. The largest absolute Gasteiger partial charge is 0.454 e. The van der Waals surface area contributed by atoms with Gasteiger partial charge in [-0.1, -0.05) is 25.3 Å². The Morgan fingerprint density at radius 1 is 1.19 bits per heavy atom. The summed E-state index contributed by atoms with van der Waals surface area (Å²) in [5.41, 5.74) is 0.796. The molecule has 2 aliphatic rings. The summed E-state index contributed by atoms with van der Waals surface area (Å²) in [6, 6.07) is 5.65. The number of esters is 1. The molecule has 0 radical (unpaired) electrons. The third-order valence-electron chi connectivity index (χ3n) is 4.92. The average Bonchev–Trinajstić information content (AvgIpc) is 3.13. The maximum Gasteiger partial charge on any atom is 0.331 e. The van der Waals surface area contributed by atoms with E-state index >= 15 is 0 Å². The van der Waals surface area contributed by atoms with Crippen molar-refractivity contribution < 1.29 is 23.8 Å². The molecule has 1 aliphatic carbocycles. The fourth-order valence-corrected chi connectivity index (χ4v) is 3.38. The molecule has 1 amide bonds. The summed E-state index contributed by atoms with van der Waals surface area (Å²) in [5.74, 6) is 0.648. The fourth-order valence-electron chi connectivity index (χ4n) is 3.38. The van der Waals surface area contributed by atoms with Crippen molar-refractivity contribution in [2.45, 2.75) is 51.2 Å². The number of carbonyl (C=O) groups is 2. The first-order valence-electron chi connectivity index (χ1n) is 9.09. The number of carbonyl (C=O) groups excluding carboxylic acids is 2. The number of ether oxygens (including phenoxy) is 3. The van der Waals surface area contributed by atoms with Gasteiger partial charge >= 0.3 is 5.97 Å². The van der Waals surface area contributed by atoms with E-state index in [2.05, 4.69) is 0 Å². The highest BCUT2D eigenvalue weighted by Gasteiger charge is 2.27. The van der Waals surface area contributed by atoms with Gasteiger partial charge in [-0.3, -0.25) is 4.79 Å². The minimum atomic E-state index is -0.796. The lowest BCUT2D eigenvalue weighted by atomic mass is 9.94. The first-order chi connectivity index (χ1) is 12.5. The number of nitrogens with zero attached hydrogens (tertiary/aromatic N) is 1. The Bertz CT molecular complexity index is 693. The van der Waals surface area contributed by atoms with E-state index in [0.717, 1.165) is 31.2 Å². The number of hydrogen-bond donors (Lipinski definition) is 0. The zero-order valence-corrected chi connectivity index (χ0v) is 15.3. The third kappa shape index (κ3) is 4.36. The van der Waals surface area contributed by atoms with Gasteiger partial charge < -0.3 is 19.1 Å². The van der Waals surface area contributed by atoms with Crippen molar-refractivity contribution in [1.82, 2.24) is 4.90 Å². The van der Waals surface area contributed by atoms with E-state index in [1.807, 2.05) is 6.07 Å². The van der Waals surface area contributed by atoms with Crippen LogP contribution in [-0.2, 0) is 14.3 Å². The summed E-state index contributed by atoms with van der Waals surface area (Å²) in [7, 11) is 1.80. The number of likely N-dealkylation sites (N-methyl/N-ethyl adjacent to an activating group) is 1. The molecule has 1 aromatic carbocycles. The second-order valence-electron chi connectivity index (χ2n) is 6.77. The third-order valence-corrected chi connectivity index (χ3v) is 4.92. The number of hydrogen-bond acceptors (Lipinski definition) is 5. The van der Waals surface area contributed by atoms with Crippen LogP contribution in [0.2, 0.25) is 0 Å². The minimum Gasteiger partial charge on any atom is -0.454 e.